The van der Waals surface area contributed by atoms with Gasteiger partial charge in [0.05, 0.1) is 5.69 Å². The van der Waals surface area contributed by atoms with Crippen LogP contribution in [0, 0.1) is 5.82 Å². The highest BCUT2D eigenvalue weighted by atomic mass is 19.4. The molecule has 0 radical (unpaired) electrons. The van der Waals surface area contributed by atoms with E-state index in [0.29, 0.717) is 6.07 Å². The largest absolute Gasteiger partial charge is 0.418 e. The molecule has 0 aliphatic heterocycles. The van der Waals surface area contributed by atoms with Gasteiger partial charge in [0.2, 0.25) is 0 Å². The Kier molecular flexibility index (Phi) is 3.42. The van der Waals surface area contributed by atoms with Crippen LogP contribution in [-0.4, -0.2) is 25.4 Å². The van der Waals surface area contributed by atoms with Gasteiger partial charge in [-0.05, 0) is 17.7 Å². The van der Waals surface area contributed by atoms with Crippen LogP contribution in [0.5, 0.6) is 0 Å². The summed E-state index contributed by atoms with van der Waals surface area (Å²) in [4.78, 5) is 1.43. The molecule has 0 saturated heterocycles. The maximum atomic E-state index is 13.3. The first-order valence-corrected chi connectivity index (χ1v) is 4.45. The quantitative estimate of drug-likeness (QED) is 0.799. The minimum atomic E-state index is -4.79. The van der Waals surface area contributed by atoms with Crippen molar-refractivity contribution >= 4 is 5.69 Å². The Bertz CT molecular complexity index is 376. The summed E-state index contributed by atoms with van der Waals surface area (Å²) in [6.07, 6.45) is -7.44. The third-order valence-electron chi connectivity index (χ3n) is 2.08. The fourth-order valence-corrected chi connectivity index (χ4v) is 1.24. The van der Waals surface area contributed by atoms with E-state index in [1.54, 1.807) is 14.1 Å². The first-order valence-electron chi connectivity index (χ1n) is 4.45. The maximum absolute atomic E-state index is 13.3. The zero-order chi connectivity index (χ0) is 12.5. The first-order chi connectivity index (χ1) is 7.23. The van der Waals surface area contributed by atoms with Crippen LogP contribution in [0.3, 0.4) is 0 Å². The molecule has 0 aromatic heterocycles. The predicted octanol–water partition coefficient (Wildman–Crippen LogP) is 2.49. The molecule has 1 aromatic carbocycles. The SMILES string of the molecule is CN(C)c1ccc(C(O)C(F)(F)F)cc1F. The molecule has 0 bridgehead atoms. The van der Waals surface area contributed by atoms with Gasteiger partial charge in [0.25, 0.3) is 0 Å². The number of hydrogen-bond donors (Lipinski definition) is 1. The number of anilines is 1. The zero-order valence-electron chi connectivity index (χ0n) is 8.72. The van der Waals surface area contributed by atoms with Gasteiger partial charge < -0.3 is 10.0 Å². The zero-order valence-corrected chi connectivity index (χ0v) is 8.72. The molecule has 1 aromatic rings. The van der Waals surface area contributed by atoms with Crippen molar-refractivity contribution in [2.75, 3.05) is 19.0 Å². The Morgan fingerprint density at radius 2 is 1.81 bits per heavy atom. The summed E-state index contributed by atoms with van der Waals surface area (Å²) in [5.74, 6) is -0.800. The molecule has 16 heavy (non-hydrogen) atoms. The molecule has 0 saturated carbocycles. The summed E-state index contributed by atoms with van der Waals surface area (Å²) in [5.41, 5.74) is -0.339. The summed E-state index contributed by atoms with van der Waals surface area (Å²) in [5, 5.41) is 8.91. The number of aliphatic hydroxyl groups excluding tert-OH is 1. The van der Waals surface area contributed by atoms with E-state index in [1.807, 2.05) is 0 Å². The number of aliphatic hydroxyl groups is 1. The molecule has 1 N–H and O–H groups in total. The van der Waals surface area contributed by atoms with Gasteiger partial charge >= 0.3 is 6.18 Å². The summed E-state index contributed by atoms with van der Waals surface area (Å²) < 4.78 is 49.8. The number of hydrogen-bond acceptors (Lipinski definition) is 2. The Morgan fingerprint density at radius 1 is 1.25 bits per heavy atom. The number of halogens is 4. The van der Waals surface area contributed by atoms with Gasteiger partial charge in [-0.15, -0.1) is 0 Å². The fraction of sp³-hybridized carbons (Fsp3) is 0.400. The van der Waals surface area contributed by atoms with Gasteiger partial charge in [-0.3, -0.25) is 0 Å². The van der Waals surface area contributed by atoms with E-state index in [0.717, 1.165) is 6.07 Å². The van der Waals surface area contributed by atoms with Crippen LogP contribution >= 0.6 is 0 Å². The molecule has 0 aliphatic rings. The van der Waals surface area contributed by atoms with E-state index in [9.17, 15) is 17.6 Å². The average Bonchev–Trinajstić information content (AvgIpc) is 2.14. The smallest absolute Gasteiger partial charge is 0.379 e. The minimum Gasteiger partial charge on any atom is -0.379 e. The molecular weight excluding hydrogens is 226 g/mol. The van der Waals surface area contributed by atoms with E-state index >= 15 is 0 Å². The second-order valence-electron chi connectivity index (χ2n) is 3.55. The van der Waals surface area contributed by atoms with E-state index in [-0.39, 0.29) is 5.69 Å². The lowest BCUT2D eigenvalue weighted by molar-refractivity contribution is -0.206. The van der Waals surface area contributed by atoms with Gasteiger partial charge in [0.1, 0.15) is 5.82 Å². The van der Waals surface area contributed by atoms with Gasteiger partial charge in [-0.2, -0.15) is 13.2 Å². The molecule has 1 atom stereocenters. The summed E-state index contributed by atoms with van der Waals surface area (Å²) in [7, 11) is 3.14. The molecule has 0 spiro atoms. The standard InChI is InChI=1S/C10H11F4NO/c1-15(2)8-4-3-6(5-7(8)11)9(16)10(12,13)14/h3-5,9,16H,1-2H3. The van der Waals surface area contributed by atoms with Gasteiger partial charge in [-0.1, -0.05) is 6.07 Å². The predicted molar refractivity (Wildman–Crippen MR) is 51.7 cm³/mol. The van der Waals surface area contributed by atoms with E-state index < -0.39 is 23.7 Å². The van der Waals surface area contributed by atoms with Crippen molar-refractivity contribution < 1.29 is 22.7 Å². The van der Waals surface area contributed by atoms with Crippen molar-refractivity contribution in [3.63, 3.8) is 0 Å². The van der Waals surface area contributed by atoms with Crippen LogP contribution in [-0.2, 0) is 0 Å². The molecule has 0 amide bonds. The fourth-order valence-electron chi connectivity index (χ4n) is 1.24. The van der Waals surface area contributed by atoms with Crippen LogP contribution in [0.2, 0.25) is 0 Å². The Hall–Kier alpha value is -1.30. The molecular formula is C10H11F4NO. The third-order valence-corrected chi connectivity index (χ3v) is 2.08. The first kappa shape index (κ1) is 12.8. The summed E-state index contributed by atoms with van der Waals surface area (Å²) in [6, 6.07) is 2.93. The number of nitrogens with zero attached hydrogens (tertiary/aromatic N) is 1. The Morgan fingerprint density at radius 3 is 2.19 bits per heavy atom. The van der Waals surface area contributed by atoms with Crippen LogP contribution in [0.4, 0.5) is 23.2 Å². The normalized spacial score (nSPS) is 13.7. The highest BCUT2D eigenvalue weighted by Crippen LogP contribution is 2.33. The second-order valence-corrected chi connectivity index (χ2v) is 3.55. The molecule has 1 rings (SSSR count). The average molecular weight is 237 g/mol. The molecule has 90 valence electrons. The van der Waals surface area contributed by atoms with Crippen molar-refractivity contribution in [1.82, 2.24) is 0 Å². The van der Waals surface area contributed by atoms with Crippen LogP contribution in [0.1, 0.15) is 11.7 Å². The van der Waals surface area contributed by atoms with Crippen LogP contribution in [0.15, 0.2) is 18.2 Å². The lowest BCUT2D eigenvalue weighted by Crippen LogP contribution is -2.20. The lowest BCUT2D eigenvalue weighted by Gasteiger charge is -2.18. The van der Waals surface area contributed by atoms with Crippen molar-refractivity contribution in [2.24, 2.45) is 0 Å². The summed E-state index contributed by atoms with van der Waals surface area (Å²) in [6.45, 7) is 0. The summed E-state index contributed by atoms with van der Waals surface area (Å²) >= 11 is 0. The topological polar surface area (TPSA) is 23.5 Å². The highest BCUT2D eigenvalue weighted by molar-refractivity contribution is 5.48. The number of rotatable bonds is 2. The van der Waals surface area contributed by atoms with Gasteiger partial charge in [0.15, 0.2) is 6.10 Å². The Labute approximate surface area is 90.1 Å². The van der Waals surface area contributed by atoms with Crippen LogP contribution < -0.4 is 4.90 Å². The van der Waals surface area contributed by atoms with Gasteiger partial charge in [0, 0.05) is 14.1 Å². The minimum absolute atomic E-state index is 0.165. The van der Waals surface area contributed by atoms with E-state index in [1.165, 1.54) is 11.0 Å². The second kappa shape index (κ2) is 4.29. The maximum Gasteiger partial charge on any atom is 0.418 e. The molecule has 0 heterocycles. The van der Waals surface area contributed by atoms with Crippen LogP contribution in [0.25, 0.3) is 0 Å². The van der Waals surface area contributed by atoms with E-state index in [4.69, 9.17) is 5.11 Å². The third kappa shape index (κ3) is 2.63. The van der Waals surface area contributed by atoms with E-state index in [2.05, 4.69) is 0 Å². The number of benzene rings is 1. The van der Waals surface area contributed by atoms with Crippen molar-refractivity contribution in [2.45, 2.75) is 12.3 Å². The van der Waals surface area contributed by atoms with Gasteiger partial charge in [-0.25, -0.2) is 4.39 Å². The lowest BCUT2D eigenvalue weighted by atomic mass is 10.1. The van der Waals surface area contributed by atoms with Crippen molar-refractivity contribution in [1.29, 1.82) is 0 Å². The monoisotopic (exact) mass is 237 g/mol. The van der Waals surface area contributed by atoms with Crippen molar-refractivity contribution in [3.05, 3.63) is 29.6 Å². The molecule has 1 unspecified atom stereocenters. The molecule has 0 aliphatic carbocycles. The Balaban J connectivity index is 3.07. The number of alkyl halides is 3. The molecule has 0 fully saturated rings. The highest BCUT2D eigenvalue weighted by Gasteiger charge is 2.39. The molecule has 6 heteroatoms. The van der Waals surface area contributed by atoms with Crippen molar-refractivity contribution in [3.8, 4) is 0 Å². The molecule has 2 nitrogen and oxygen atoms in total.